The summed E-state index contributed by atoms with van der Waals surface area (Å²) in [6.45, 7) is 1.80. The van der Waals surface area contributed by atoms with Gasteiger partial charge in [0.05, 0.1) is 4.90 Å². The van der Waals surface area contributed by atoms with Crippen molar-refractivity contribution in [2.24, 2.45) is 0 Å². The Morgan fingerprint density at radius 3 is 2.21 bits per heavy atom. The maximum absolute atomic E-state index is 13.6. The van der Waals surface area contributed by atoms with E-state index < -0.39 is 15.8 Å². The fourth-order valence-corrected chi connectivity index (χ4v) is 4.40. The van der Waals surface area contributed by atoms with E-state index in [9.17, 15) is 22.4 Å². The number of Topliss-reactive ketones (excluding diaryl/α,β-unsaturated/α-hetero) is 1. The van der Waals surface area contributed by atoms with E-state index in [0.717, 1.165) is 0 Å². The molecule has 29 heavy (non-hydrogen) atoms. The van der Waals surface area contributed by atoms with E-state index in [1.54, 1.807) is 6.07 Å². The number of carbonyl (C=O) groups is 2. The molecule has 0 aromatic heterocycles. The molecule has 3 rings (SSSR count). The summed E-state index contributed by atoms with van der Waals surface area (Å²) in [5.41, 5.74) is 0.439. The number of rotatable bonds is 6. The molecule has 9 heteroatoms. The summed E-state index contributed by atoms with van der Waals surface area (Å²) in [7, 11) is -3.71. The van der Waals surface area contributed by atoms with Gasteiger partial charge in [0.15, 0.2) is 24.0 Å². The number of para-hydroxylation sites is 1. The summed E-state index contributed by atoms with van der Waals surface area (Å²) < 4.78 is 45.6. The van der Waals surface area contributed by atoms with E-state index in [1.807, 2.05) is 0 Å². The van der Waals surface area contributed by atoms with Gasteiger partial charge in [-0.3, -0.25) is 9.59 Å². The first-order valence-corrected chi connectivity index (χ1v) is 10.5. The molecular formula is C20H21FN2O5S. The van der Waals surface area contributed by atoms with Crippen LogP contribution in [0.2, 0.25) is 0 Å². The van der Waals surface area contributed by atoms with Crippen molar-refractivity contribution in [3.05, 3.63) is 59.9 Å². The Hall–Kier alpha value is -2.78. The van der Waals surface area contributed by atoms with Gasteiger partial charge < -0.3 is 9.64 Å². The number of hydrogen-bond donors (Lipinski definition) is 0. The molecule has 1 heterocycles. The van der Waals surface area contributed by atoms with Crippen LogP contribution < -0.4 is 4.74 Å². The minimum atomic E-state index is -3.71. The molecular weight excluding hydrogens is 399 g/mol. The molecule has 2 aromatic rings. The second-order valence-electron chi connectivity index (χ2n) is 6.58. The molecule has 0 aliphatic carbocycles. The fourth-order valence-electron chi connectivity index (χ4n) is 2.98. The Labute approximate surface area is 168 Å². The predicted molar refractivity (Wildman–Crippen MR) is 104 cm³/mol. The quantitative estimate of drug-likeness (QED) is 0.667. The largest absolute Gasteiger partial charge is 0.481 e. The fraction of sp³-hybridized carbons (Fsp3) is 0.300. The molecule has 0 unspecified atom stereocenters. The van der Waals surface area contributed by atoms with E-state index in [0.29, 0.717) is 5.56 Å². The van der Waals surface area contributed by atoms with E-state index in [-0.39, 0.29) is 55.1 Å². The zero-order valence-electron chi connectivity index (χ0n) is 15.9. The number of ether oxygens (including phenoxy) is 1. The van der Waals surface area contributed by atoms with Crippen LogP contribution in [0.5, 0.6) is 5.75 Å². The summed E-state index contributed by atoms with van der Waals surface area (Å²) in [6, 6.07) is 11.6. The van der Waals surface area contributed by atoms with Crippen LogP contribution in [0.4, 0.5) is 4.39 Å². The Morgan fingerprint density at radius 2 is 1.62 bits per heavy atom. The van der Waals surface area contributed by atoms with Gasteiger partial charge in [-0.2, -0.15) is 4.31 Å². The van der Waals surface area contributed by atoms with Crippen molar-refractivity contribution in [1.82, 2.24) is 9.21 Å². The van der Waals surface area contributed by atoms with Crippen molar-refractivity contribution in [3.63, 3.8) is 0 Å². The van der Waals surface area contributed by atoms with E-state index in [4.69, 9.17) is 4.74 Å². The summed E-state index contributed by atoms with van der Waals surface area (Å²) in [6.07, 6.45) is 0. The number of nitrogens with zero attached hydrogens (tertiary/aromatic N) is 2. The number of benzene rings is 2. The smallest absolute Gasteiger partial charge is 0.260 e. The van der Waals surface area contributed by atoms with Crippen LogP contribution in [0.15, 0.2) is 53.4 Å². The topological polar surface area (TPSA) is 84.0 Å². The Kier molecular flexibility index (Phi) is 6.29. The van der Waals surface area contributed by atoms with E-state index >= 15 is 0 Å². The lowest BCUT2D eigenvalue weighted by atomic mass is 10.2. The standard InChI is InChI=1S/C20H21FN2O5S/c1-15(24)16-6-8-17(9-7-16)29(26,27)23-12-10-22(11-13-23)20(25)14-28-19-5-3-2-4-18(19)21/h2-9H,10-14H2,1H3. The van der Waals surface area contributed by atoms with Crippen molar-refractivity contribution < 1.29 is 27.1 Å². The summed E-state index contributed by atoms with van der Waals surface area (Å²) in [5, 5.41) is 0. The lowest BCUT2D eigenvalue weighted by molar-refractivity contribution is -0.134. The van der Waals surface area contributed by atoms with Gasteiger partial charge in [-0.15, -0.1) is 0 Å². The molecule has 1 aliphatic rings. The molecule has 7 nitrogen and oxygen atoms in total. The Morgan fingerprint density at radius 1 is 1.00 bits per heavy atom. The van der Waals surface area contributed by atoms with Gasteiger partial charge in [0.25, 0.3) is 5.91 Å². The highest BCUT2D eigenvalue weighted by molar-refractivity contribution is 7.89. The highest BCUT2D eigenvalue weighted by Crippen LogP contribution is 2.19. The normalized spacial score (nSPS) is 15.2. The molecule has 1 saturated heterocycles. The van der Waals surface area contributed by atoms with Gasteiger partial charge in [0.1, 0.15) is 0 Å². The maximum Gasteiger partial charge on any atom is 0.260 e. The molecule has 1 fully saturated rings. The molecule has 1 amide bonds. The predicted octanol–water partition coefficient (Wildman–Crippen LogP) is 1.94. The Balaban J connectivity index is 1.57. The lowest BCUT2D eigenvalue weighted by Gasteiger charge is -2.34. The van der Waals surface area contributed by atoms with E-state index in [1.165, 1.54) is 58.6 Å². The van der Waals surface area contributed by atoms with Gasteiger partial charge in [-0.05, 0) is 31.2 Å². The molecule has 0 bridgehead atoms. The third-order valence-corrected chi connectivity index (χ3v) is 6.59. The third-order valence-electron chi connectivity index (χ3n) is 4.68. The first-order chi connectivity index (χ1) is 13.8. The monoisotopic (exact) mass is 420 g/mol. The maximum atomic E-state index is 13.6. The van der Waals surface area contributed by atoms with Crippen LogP contribution in [-0.2, 0) is 14.8 Å². The second kappa shape index (κ2) is 8.71. The zero-order valence-corrected chi connectivity index (χ0v) is 16.7. The van der Waals surface area contributed by atoms with Crippen molar-refractivity contribution in [2.45, 2.75) is 11.8 Å². The van der Waals surface area contributed by atoms with Crippen LogP contribution in [-0.4, -0.2) is 62.1 Å². The first-order valence-electron chi connectivity index (χ1n) is 9.05. The number of carbonyl (C=O) groups excluding carboxylic acids is 2. The van der Waals surface area contributed by atoms with Gasteiger partial charge in [-0.25, -0.2) is 12.8 Å². The number of sulfonamides is 1. The van der Waals surface area contributed by atoms with Gasteiger partial charge >= 0.3 is 0 Å². The van der Waals surface area contributed by atoms with Crippen LogP contribution in [0, 0.1) is 5.82 Å². The lowest BCUT2D eigenvalue weighted by Crippen LogP contribution is -2.51. The number of halogens is 1. The average molecular weight is 420 g/mol. The molecule has 1 aliphatic heterocycles. The van der Waals surface area contributed by atoms with E-state index in [2.05, 4.69) is 0 Å². The number of amides is 1. The van der Waals surface area contributed by atoms with Gasteiger partial charge in [-0.1, -0.05) is 24.3 Å². The number of hydrogen-bond acceptors (Lipinski definition) is 5. The molecule has 154 valence electrons. The van der Waals surface area contributed by atoms with Crippen LogP contribution in [0.25, 0.3) is 0 Å². The highest BCUT2D eigenvalue weighted by atomic mass is 32.2. The molecule has 0 radical (unpaired) electrons. The van der Waals surface area contributed by atoms with Crippen molar-refractivity contribution in [2.75, 3.05) is 32.8 Å². The number of ketones is 1. The molecule has 0 N–H and O–H groups in total. The SMILES string of the molecule is CC(=O)c1ccc(S(=O)(=O)N2CCN(C(=O)COc3ccccc3F)CC2)cc1. The van der Waals surface area contributed by atoms with Crippen LogP contribution in [0.3, 0.4) is 0 Å². The summed E-state index contributed by atoms with van der Waals surface area (Å²) in [4.78, 5) is 25.2. The summed E-state index contributed by atoms with van der Waals surface area (Å²) in [5.74, 6) is -1.03. The van der Waals surface area contributed by atoms with Gasteiger partial charge in [0, 0.05) is 31.7 Å². The van der Waals surface area contributed by atoms with Gasteiger partial charge in [0.2, 0.25) is 10.0 Å². The molecule has 0 spiro atoms. The third kappa shape index (κ3) is 4.80. The molecule has 0 saturated carbocycles. The summed E-state index contributed by atoms with van der Waals surface area (Å²) >= 11 is 0. The minimum Gasteiger partial charge on any atom is -0.481 e. The van der Waals surface area contributed by atoms with Crippen molar-refractivity contribution in [1.29, 1.82) is 0 Å². The van der Waals surface area contributed by atoms with Crippen LogP contribution >= 0.6 is 0 Å². The average Bonchev–Trinajstić information content (AvgIpc) is 2.73. The van der Waals surface area contributed by atoms with Crippen molar-refractivity contribution in [3.8, 4) is 5.75 Å². The van der Waals surface area contributed by atoms with Crippen molar-refractivity contribution >= 4 is 21.7 Å². The Bertz CT molecular complexity index is 1000. The molecule has 2 aromatic carbocycles. The molecule has 0 atom stereocenters. The number of piperazine rings is 1. The highest BCUT2D eigenvalue weighted by Gasteiger charge is 2.30. The second-order valence-corrected chi connectivity index (χ2v) is 8.52. The first kappa shape index (κ1) is 20.9. The van der Waals surface area contributed by atoms with Crippen LogP contribution in [0.1, 0.15) is 17.3 Å². The zero-order chi connectivity index (χ0) is 21.0. The minimum absolute atomic E-state index is 0.00364.